The average Bonchev–Trinajstić information content (AvgIpc) is 2.43. The van der Waals surface area contributed by atoms with Crippen LogP contribution in [0.2, 0.25) is 0 Å². The highest BCUT2D eigenvalue weighted by atomic mass is 14.8. The van der Waals surface area contributed by atoms with E-state index in [4.69, 9.17) is 5.73 Å². The van der Waals surface area contributed by atoms with Gasteiger partial charge in [0.2, 0.25) is 0 Å². The van der Waals surface area contributed by atoms with Crippen LogP contribution in [0.25, 0.3) is 0 Å². The minimum Gasteiger partial charge on any atom is -0.327 e. The molecule has 1 nitrogen and oxygen atoms in total. The molecule has 1 fully saturated rings. The predicted molar refractivity (Wildman–Crippen MR) is 35.5 cm³/mol. The lowest BCUT2D eigenvalue weighted by molar-refractivity contribution is 0.598. The summed E-state index contributed by atoms with van der Waals surface area (Å²) in [5.41, 5.74) is 5.98. The first-order chi connectivity index (χ1) is 3.75. The molecule has 0 aliphatic heterocycles. The molecule has 1 aliphatic rings. The molecule has 2 atom stereocenters. The van der Waals surface area contributed by atoms with Crippen molar-refractivity contribution in [3.05, 3.63) is 12.7 Å². The van der Waals surface area contributed by atoms with Crippen LogP contribution in [0, 0.1) is 5.41 Å². The van der Waals surface area contributed by atoms with Crippen LogP contribution in [0.3, 0.4) is 0 Å². The van der Waals surface area contributed by atoms with Crippen LogP contribution in [-0.4, -0.2) is 6.04 Å². The molecule has 0 radical (unpaired) electrons. The lowest BCUT2D eigenvalue weighted by Gasteiger charge is -2.03. The minimum atomic E-state index is 0.333. The fourth-order valence-electron chi connectivity index (χ4n) is 1.14. The number of hydrogen-bond acceptors (Lipinski definition) is 1. The summed E-state index contributed by atoms with van der Waals surface area (Å²) in [6.45, 7) is 5.90. The lowest BCUT2D eigenvalue weighted by Crippen LogP contribution is -2.09. The van der Waals surface area contributed by atoms with Crippen LogP contribution in [0.1, 0.15) is 19.8 Å². The molecule has 0 saturated heterocycles. The van der Waals surface area contributed by atoms with Crippen molar-refractivity contribution in [3.8, 4) is 0 Å². The molecule has 1 aliphatic carbocycles. The molecule has 1 heteroatoms. The highest BCUT2D eigenvalue weighted by Gasteiger charge is 2.47. The number of rotatable bonds is 2. The van der Waals surface area contributed by atoms with Crippen LogP contribution >= 0.6 is 0 Å². The summed E-state index contributed by atoms with van der Waals surface area (Å²) in [6, 6.07) is 0.407. The van der Waals surface area contributed by atoms with Crippen molar-refractivity contribution in [1.29, 1.82) is 0 Å². The van der Waals surface area contributed by atoms with Crippen molar-refractivity contribution in [2.24, 2.45) is 11.1 Å². The van der Waals surface area contributed by atoms with Gasteiger partial charge in [0.05, 0.1) is 0 Å². The summed E-state index contributed by atoms with van der Waals surface area (Å²) < 4.78 is 0. The fourth-order valence-corrected chi connectivity index (χ4v) is 1.14. The zero-order chi connectivity index (χ0) is 6.20. The van der Waals surface area contributed by atoms with Gasteiger partial charge in [-0.3, -0.25) is 0 Å². The topological polar surface area (TPSA) is 26.0 Å². The molecule has 0 heterocycles. The van der Waals surface area contributed by atoms with Crippen molar-refractivity contribution in [1.82, 2.24) is 0 Å². The monoisotopic (exact) mass is 111 g/mol. The zero-order valence-corrected chi connectivity index (χ0v) is 5.35. The number of hydrogen-bond donors (Lipinski definition) is 1. The van der Waals surface area contributed by atoms with E-state index >= 15 is 0 Å². The Hall–Kier alpha value is -0.300. The second kappa shape index (κ2) is 1.59. The Morgan fingerprint density at radius 1 is 2.00 bits per heavy atom. The summed E-state index contributed by atoms with van der Waals surface area (Å²) in [5.74, 6) is 0. The Morgan fingerprint density at radius 3 is 2.50 bits per heavy atom. The van der Waals surface area contributed by atoms with Crippen molar-refractivity contribution < 1.29 is 0 Å². The highest BCUT2D eigenvalue weighted by molar-refractivity contribution is 5.14. The molecule has 0 bridgehead atoms. The van der Waals surface area contributed by atoms with E-state index in [-0.39, 0.29) is 0 Å². The van der Waals surface area contributed by atoms with Gasteiger partial charge >= 0.3 is 0 Å². The van der Waals surface area contributed by atoms with E-state index in [2.05, 4.69) is 13.5 Å². The Labute approximate surface area is 50.6 Å². The fraction of sp³-hybridized carbons (Fsp3) is 0.714. The average molecular weight is 111 g/mol. The standard InChI is InChI=1S/C7H13N/c1-3-7(4-2)5-6(7)8/h3,6H,1,4-5,8H2,2H3/t6?,7-/m1/s1. The van der Waals surface area contributed by atoms with Crippen LogP contribution in [-0.2, 0) is 0 Å². The molecule has 0 spiro atoms. The first-order valence-corrected chi connectivity index (χ1v) is 3.14. The normalized spacial score (nSPS) is 44.0. The van der Waals surface area contributed by atoms with Gasteiger partial charge in [-0.25, -0.2) is 0 Å². The Morgan fingerprint density at radius 2 is 2.50 bits per heavy atom. The van der Waals surface area contributed by atoms with E-state index in [0.717, 1.165) is 12.8 Å². The van der Waals surface area contributed by atoms with Crippen molar-refractivity contribution in [2.45, 2.75) is 25.8 Å². The van der Waals surface area contributed by atoms with Gasteiger partial charge in [0.15, 0.2) is 0 Å². The molecule has 8 heavy (non-hydrogen) atoms. The molecule has 0 aromatic carbocycles. The molecule has 2 N–H and O–H groups in total. The SMILES string of the molecule is C=C[C@@]1(CC)CC1N. The molecule has 1 saturated carbocycles. The van der Waals surface area contributed by atoms with E-state index in [1.54, 1.807) is 0 Å². The van der Waals surface area contributed by atoms with Gasteiger partial charge in [-0.2, -0.15) is 0 Å². The highest BCUT2D eigenvalue weighted by Crippen LogP contribution is 2.48. The second-order valence-corrected chi connectivity index (χ2v) is 2.60. The van der Waals surface area contributed by atoms with Crippen molar-refractivity contribution in [2.75, 3.05) is 0 Å². The van der Waals surface area contributed by atoms with Crippen LogP contribution < -0.4 is 5.73 Å². The maximum atomic E-state index is 5.65. The Bertz CT molecular complexity index is 105. The molecular weight excluding hydrogens is 98.1 g/mol. The van der Waals surface area contributed by atoms with Crippen LogP contribution in [0.5, 0.6) is 0 Å². The van der Waals surface area contributed by atoms with Crippen LogP contribution in [0.15, 0.2) is 12.7 Å². The predicted octanol–water partition coefficient (Wildman–Crippen LogP) is 1.30. The smallest absolute Gasteiger partial charge is 0.0140 e. The molecule has 1 unspecified atom stereocenters. The third kappa shape index (κ3) is 0.583. The van der Waals surface area contributed by atoms with Gasteiger partial charge in [0.25, 0.3) is 0 Å². The van der Waals surface area contributed by atoms with Gasteiger partial charge in [0.1, 0.15) is 0 Å². The van der Waals surface area contributed by atoms with E-state index in [9.17, 15) is 0 Å². The van der Waals surface area contributed by atoms with E-state index in [1.807, 2.05) is 6.08 Å². The summed E-state index contributed by atoms with van der Waals surface area (Å²) in [4.78, 5) is 0. The maximum Gasteiger partial charge on any atom is 0.0140 e. The van der Waals surface area contributed by atoms with Gasteiger partial charge in [-0.15, -0.1) is 6.58 Å². The van der Waals surface area contributed by atoms with E-state index in [1.165, 1.54) is 0 Å². The molecule has 0 amide bonds. The van der Waals surface area contributed by atoms with Crippen molar-refractivity contribution >= 4 is 0 Å². The molecule has 46 valence electrons. The van der Waals surface area contributed by atoms with Gasteiger partial charge in [-0.1, -0.05) is 13.0 Å². The first-order valence-electron chi connectivity index (χ1n) is 3.14. The molecule has 0 aromatic heterocycles. The summed E-state index contributed by atoms with van der Waals surface area (Å²) >= 11 is 0. The van der Waals surface area contributed by atoms with E-state index < -0.39 is 0 Å². The number of nitrogens with two attached hydrogens (primary N) is 1. The summed E-state index contributed by atoms with van der Waals surface area (Å²) in [6.07, 6.45) is 4.29. The lowest BCUT2D eigenvalue weighted by atomic mass is 10.0. The van der Waals surface area contributed by atoms with Gasteiger partial charge < -0.3 is 5.73 Å². The third-order valence-corrected chi connectivity index (χ3v) is 2.24. The largest absolute Gasteiger partial charge is 0.327 e. The Balaban J connectivity index is 2.51. The van der Waals surface area contributed by atoms with Gasteiger partial charge in [0, 0.05) is 11.5 Å². The maximum absolute atomic E-state index is 5.65. The van der Waals surface area contributed by atoms with E-state index in [0.29, 0.717) is 11.5 Å². The molecular formula is C7H13N. The Kier molecular flexibility index (Phi) is 1.16. The van der Waals surface area contributed by atoms with Crippen LogP contribution in [0.4, 0.5) is 0 Å². The van der Waals surface area contributed by atoms with Crippen molar-refractivity contribution in [3.63, 3.8) is 0 Å². The zero-order valence-electron chi connectivity index (χ0n) is 5.35. The minimum absolute atomic E-state index is 0.333. The van der Waals surface area contributed by atoms with Gasteiger partial charge in [-0.05, 0) is 12.8 Å². The third-order valence-electron chi connectivity index (χ3n) is 2.24. The second-order valence-electron chi connectivity index (χ2n) is 2.60. The molecule has 0 aromatic rings. The molecule has 1 rings (SSSR count). The summed E-state index contributed by atoms with van der Waals surface area (Å²) in [7, 11) is 0. The quantitative estimate of drug-likeness (QED) is 0.534. The summed E-state index contributed by atoms with van der Waals surface area (Å²) in [5, 5.41) is 0. The first kappa shape index (κ1) is 5.83.